The monoisotopic (exact) mass is 227 g/mol. The summed E-state index contributed by atoms with van der Waals surface area (Å²) in [5.74, 6) is 1.38. The molecule has 1 rings (SSSR count). The van der Waals surface area contributed by atoms with E-state index in [1.807, 2.05) is 0 Å². The summed E-state index contributed by atoms with van der Waals surface area (Å²) in [5, 5.41) is 11.3. The van der Waals surface area contributed by atoms with Crippen LogP contribution in [0.5, 0.6) is 0 Å². The Balaban J connectivity index is 2.19. The zero-order chi connectivity index (χ0) is 11.8. The van der Waals surface area contributed by atoms with Gasteiger partial charge in [0.25, 0.3) is 0 Å². The summed E-state index contributed by atoms with van der Waals surface area (Å²) < 4.78 is 10.4. The highest BCUT2D eigenvalue weighted by atomic mass is 16.5. The topological polar surface area (TPSA) is 60.2 Å². The van der Waals surface area contributed by atoms with Crippen molar-refractivity contribution in [1.82, 2.24) is 15.5 Å². The zero-order valence-electron chi connectivity index (χ0n) is 10.3. The fourth-order valence-electron chi connectivity index (χ4n) is 1.31. The molecule has 0 spiro atoms. The van der Waals surface area contributed by atoms with E-state index in [9.17, 15) is 0 Å². The quantitative estimate of drug-likeness (QED) is 0.676. The molecule has 0 fully saturated rings. The van der Waals surface area contributed by atoms with Gasteiger partial charge in [0.15, 0.2) is 0 Å². The molecule has 1 aromatic heterocycles. The van der Waals surface area contributed by atoms with Crippen molar-refractivity contribution in [1.29, 1.82) is 0 Å². The molecule has 0 radical (unpaired) electrons. The Bertz CT molecular complexity index is 287. The molecule has 0 aliphatic rings. The SMILES string of the molecule is COCCc1nnc(CCCNC(C)C)o1. The van der Waals surface area contributed by atoms with E-state index in [0.29, 0.717) is 25.0 Å². The molecule has 0 aliphatic heterocycles. The minimum Gasteiger partial charge on any atom is -0.425 e. The maximum Gasteiger partial charge on any atom is 0.218 e. The predicted octanol–water partition coefficient (Wildman–Crippen LogP) is 1.19. The molecular formula is C11H21N3O2. The predicted molar refractivity (Wildman–Crippen MR) is 61.3 cm³/mol. The Morgan fingerprint density at radius 3 is 2.56 bits per heavy atom. The van der Waals surface area contributed by atoms with E-state index in [1.54, 1.807) is 7.11 Å². The van der Waals surface area contributed by atoms with Crippen molar-refractivity contribution in [3.05, 3.63) is 11.8 Å². The first-order chi connectivity index (χ1) is 7.72. The molecule has 1 heterocycles. The molecule has 92 valence electrons. The molecule has 0 bridgehead atoms. The minimum absolute atomic E-state index is 0.528. The van der Waals surface area contributed by atoms with E-state index in [0.717, 1.165) is 25.3 Å². The van der Waals surface area contributed by atoms with Crippen LogP contribution in [-0.2, 0) is 17.6 Å². The second-order valence-electron chi connectivity index (χ2n) is 4.04. The second-order valence-corrected chi connectivity index (χ2v) is 4.04. The summed E-state index contributed by atoms with van der Waals surface area (Å²) in [7, 11) is 1.66. The van der Waals surface area contributed by atoms with Crippen molar-refractivity contribution in [2.75, 3.05) is 20.3 Å². The molecule has 1 N–H and O–H groups in total. The summed E-state index contributed by atoms with van der Waals surface area (Å²) in [6.07, 6.45) is 2.54. The van der Waals surface area contributed by atoms with Gasteiger partial charge in [-0.15, -0.1) is 10.2 Å². The van der Waals surface area contributed by atoms with Crippen LogP contribution in [0.25, 0.3) is 0 Å². The molecular weight excluding hydrogens is 206 g/mol. The molecule has 0 amide bonds. The number of ether oxygens (including phenoxy) is 1. The van der Waals surface area contributed by atoms with Crippen LogP contribution >= 0.6 is 0 Å². The summed E-state index contributed by atoms with van der Waals surface area (Å²) in [4.78, 5) is 0. The lowest BCUT2D eigenvalue weighted by atomic mass is 10.3. The van der Waals surface area contributed by atoms with Crippen LogP contribution in [-0.4, -0.2) is 36.5 Å². The molecule has 0 saturated carbocycles. The average Bonchev–Trinajstić information content (AvgIpc) is 2.69. The van der Waals surface area contributed by atoms with Gasteiger partial charge in [0, 0.05) is 26.0 Å². The normalized spacial score (nSPS) is 11.2. The van der Waals surface area contributed by atoms with Gasteiger partial charge in [-0.2, -0.15) is 0 Å². The molecule has 0 aliphatic carbocycles. The number of hydrogen-bond acceptors (Lipinski definition) is 5. The van der Waals surface area contributed by atoms with E-state index in [-0.39, 0.29) is 0 Å². The van der Waals surface area contributed by atoms with Gasteiger partial charge in [0.05, 0.1) is 6.61 Å². The lowest BCUT2D eigenvalue weighted by Crippen LogP contribution is -2.23. The van der Waals surface area contributed by atoms with Gasteiger partial charge >= 0.3 is 0 Å². The van der Waals surface area contributed by atoms with Crippen molar-refractivity contribution < 1.29 is 9.15 Å². The van der Waals surface area contributed by atoms with Crippen LogP contribution in [0.4, 0.5) is 0 Å². The first kappa shape index (κ1) is 13.1. The molecule has 0 atom stereocenters. The summed E-state index contributed by atoms with van der Waals surface area (Å²) in [6, 6.07) is 0.528. The maximum absolute atomic E-state index is 5.46. The van der Waals surface area contributed by atoms with E-state index in [2.05, 4.69) is 29.4 Å². The van der Waals surface area contributed by atoms with Crippen LogP contribution in [0.3, 0.4) is 0 Å². The smallest absolute Gasteiger partial charge is 0.218 e. The first-order valence-corrected chi connectivity index (χ1v) is 5.76. The molecule has 16 heavy (non-hydrogen) atoms. The zero-order valence-corrected chi connectivity index (χ0v) is 10.3. The summed E-state index contributed by atoms with van der Waals surface area (Å²) >= 11 is 0. The van der Waals surface area contributed by atoms with Crippen LogP contribution in [0, 0.1) is 0 Å². The third kappa shape index (κ3) is 5.23. The number of nitrogens with zero attached hydrogens (tertiary/aromatic N) is 2. The van der Waals surface area contributed by atoms with E-state index in [1.165, 1.54) is 0 Å². The fourth-order valence-corrected chi connectivity index (χ4v) is 1.31. The Labute approximate surface area is 96.6 Å². The standard InChI is InChI=1S/C11H21N3O2/c1-9(2)12-7-4-5-10-13-14-11(16-10)6-8-15-3/h9,12H,4-8H2,1-3H3. The Hall–Kier alpha value is -0.940. The van der Waals surface area contributed by atoms with Gasteiger partial charge in [0.2, 0.25) is 11.8 Å². The molecule has 1 aromatic rings. The number of nitrogens with one attached hydrogen (secondary N) is 1. The molecule has 5 nitrogen and oxygen atoms in total. The Kier molecular flexibility index (Phi) is 6.03. The first-order valence-electron chi connectivity index (χ1n) is 5.76. The molecule has 0 unspecified atom stereocenters. The molecule has 0 aromatic carbocycles. The Morgan fingerprint density at radius 2 is 1.94 bits per heavy atom. The lowest BCUT2D eigenvalue weighted by Gasteiger charge is -2.05. The second kappa shape index (κ2) is 7.35. The van der Waals surface area contributed by atoms with Crippen molar-refractivity contribution in [3.63, 3.8) is 0 Å². The maximum atomic E-state index is 5.46. The van der Waals surface area contributed by atoms with Crippen LogP contribution in [0.2, 0.25) is 0 Å². The number of aromatic nitrogens is 2. The lowest BCUT2D eigenvalue weighted by molar-refractivity contribution is 0.194. The van der Waals surface area contributed by atoms with Crippen LogP contribution in [0.15, 0.2) is 4.42 Å². The van der Waals surface area contributed by atoms with E-state index in [4.69, 9.17) is 9.15 Å². The Morgan fingerprint density at radius 1 is 1.25 bits per heavy atom. The fraction of sp³-hybridized carbons (Fsp3) is 0.818. The largest absolute Gasteiger partial charge is 0.425 e. The highest BCUT2D eigenvalue weighted by Crippen LogP contribution is 2.03. The molecule has 0 saturated heterocycles. The van der Waals surface area contributed by atoms with Crippen molar-refractivity contribution in [2.45, 2.75) is 39.2 Å². The van der Waals surface area contributed by atoms with Crippen molar-refractivity contribution in [3.8, 4) is 0 Å². The number of rotatable bonds is 8. The third-order valence-corrected chi connectivity index (χ3v) is 2.15. The highest BCUT2D eigenvalue weighted by molar-refractivity contribution is 4.82. The summed E-state index contributed by atoms with van der Waals surface area (Å²) in [5.41, 5.74) is 0. The number of methoxy groups -OCH3 is 1. The summed E-state index contributed by atoms with van der Waals surface area (Å²) in [6.45, 7) is 5.87. The van der Waals surface area contributed by atoms with Gasteiger partial charge in [-0.25, -0.2) is 0 Å². The van der Waals surface area contributed by atoms with Crippen molar-refractivity contribution in [2.24, 2.45) is 0 Å². The van der Waals surface area contributed by atoms with Gasteiger partial charge in [-0.05, 0) is 13.0 Å². The minimum atomic E-state index is 0.528. The average molecular weight is 227 g/mol. The van der Waals surface area contributed by atoms with Gasteiger partial charge in [-0.3, -0.25) is 0 Å². The third-order valence-electron chi connectivity index (χ3n) is 2.15. The van der Waals surface area contributed by atoms with Crippen molar-refractivity contribution >= 4 is 0 Å². The number of hydrogen-bond donors (Lipinski definition) is 1. The molecule has 5 heteroatoms. The van der Waals surface area contributed by atoms with E-state index >= 15 is 0 Å². The van der Waals surface area contributed by atoms with Gasteiger partial charge < -0.3 is 14.5 Å². The van der Waals surface area contributed by atoms with Crippen LogP contribution < -0.4 is 5.32 Å². The highest BCUT2D eigenvalue weighted by Gasteiger charge is 2.05. The van der Waals surface area contributed by atoms with Gasteiger partial charge in [-0.1, -0.05) is 13.8 Å². The van der Waals surface area contributed by atoms with Gasteiger partial charge in [0.1, 0.15) is 0 Å². The van der Waals surface area contributed by atoms with E-state index < -0.39 is 0 Å². The number of aryl methyl sites for hydroxylation is 1. The van der Waals surface area contributed by atoms with Crippen LogP contribution in [0.1, 0.15) is 32.0 Å².